The van der Waals surface area contributed by atoms with Gasteiger partial charge in [0.25, 0.3) is 5.91 Å². The van der Waals surface area contributed by atoms with Gasteiger partial charge in [-0.05, 0) is 37.1 Å². The van der Waals surface area contributed by atoms with Crippen LogP contribution in [0.1, 0.15) is 41.7 Å². The number of rotatable bonds is 9. The van der Waals surface area contributed by atoms with E-state index in [1.54, 1.807) is 11.9 Å². The Morgan fingerprint density at radius 2 is 1.78 bits per heavy atom. The largest absolute Gasteiger partial charge is 0.497 e. The molecule has 1 aliphatic rings. The molecule has 1 aliphatic heterocycles. The zero-order valence-corrected chi connectivity index (χ0v) is 21.0. The Morgan fingerprint density at radius 3 is 2.35 bits per heavy atom. The first-order valence-corrected chi connectivity index (χ1v) is 12.6. The van der Waals surface area contributed by atoms with Gasteiger partial charge < -0.3 is 9.47 Å². The van der Waals surface area contributed by atoms with Gasteiger partial charge in [-0.25, -0.2) is 13.8 Å². The van der Waals surface area contributed by atoms with Gasteiger partial charge in [-0.2, -0.15) is 8.78 Å². The monoisotopic (exact) mass is 538 g/mol. The Labute approximate surface area is 215 Å². The molecule has 3 aromatic rings. The number of nitrogens with one attached hydrogen (secondary N) is 1. The van der Waals surface area contributed by atoms with E-state index >= 15 is 0 Å². The molecule has 0 spiro atoms. The van der Waals surface area contributed by atoms with Crippen LogP contribution < -0.4 is 14.8 Å². The fourth-order valence-corrected chi connectivity index (χ4v) is 5.00. The van der Waals surface area contributed by atoms with Crippen LogP contribution in [0.25, 0.3) is 5.69 Å². The van der Waals surface area contributed by atoms with Crippen LogP contribution >= 0.6 is 11.9 Å². The first-order chi connectivity index (χ1) is 17.8. The molecular weight excluding hydrogens is 512 g/mol. The fourth-order valence-electron chi connectivity index (χ4n) is 4.17. The number of carbonyl (C=O) groups is 1. The van der Waals surface area contributed by atoms with Crippen molar-refractivity contribution in [3.8, 4) is 17.2 Å². The summed E-state index contributed by atoms with van der Waals surface area (Å²) in [6, 6.07) is 7.15. The van der Waals surface area contributed by atoms with Crippen LogP contribution in [-0.4, -0.2) is 52.3 Å². The van der Waals surface area contributed by atoms with Gasteiger partial charge in [0.15, 0.2) is 11.6 Å². The molecular formula is C25H26F4N4O3S. The lowest BCUT2D eigenvalue weighted by Crippen LogP contribution is -2.27. The molecule has 1 amide bonds. The first kappa shape index (κ1) is 26.8. The minimum atomic E-state index is -2.99. The standard InChI is InChI=1S/C25H26F4N4O3S/c1-3-37-32-10-8-15(9-11-32)21-14-33(22-19(26)12-18(35-2)13-20(22)27)25(30-21)31-23(34)16-4-6-17(7-5-16)36-24(28)29/h4-7,12-15,24H,3,8-11H2,1-2H3,(H,30,31,34). The number of hydrogen-bond acceptors (Lipinski definition) is 6. The van der Waals surface area contributed by atoms with E-state index in [-0.39, 0.29) is 28.9 Å². The summed E-state index contributed by atoms with van der Waals surface area (Å²) in [5.74, 6) is -1.56. The third-order valence-electron chi connectivity index (χ3n) is 5.94. The Hall–Kier alpha value is -3.25. The number of aromatic nitrogens is 2. The number of nitrogens with zero attached hydrogens (tertiary/aromatic N) is 3. The average Bonchev–Trinajstić information content (AvgIpc) is 3.27. The van der Waals surface area contributed by atoms with Gasteiger partial charge in [-0.1, -0.05) is 18.9 Å². The highest BCUT2D eigenvalue weighted by Crippen LogP contribution is 2.34. The minimum absolute atomic E-state index is 0.0107. The number of ether oxygens (including phenoxy) is 2. The SMILES string of the molecule is CCSN1CCC(c2cn(-c3c(F)cc(OC)cc3F)c(NC(=O)c3ccc(OC(F)F)cc3)n2)CC1. The molecule has 0 radical (unpaired) electrons. The Bertz CT molecular complexity index is 1210. The van der Waals surface area contributed by atoms with Crippen LogP contribution in [0.3, 0.4) is 0 Å². The topological polar surface area (TPSA) is 68.6 Å². The number of anilines is 1. The smallest absolute Gasteiger partial charge is 0.387 e. The predicted octanol–water partition coefficient (Wildman–Crippen LogP) is 5.86. The van der Waals surface area contributed by atoms with Crippen molar-refractivity contribution in [2.45, 2.75) is 32.3 Å². The molecule has 2 aromatic carbocycles. The maximum absolute atomic E-state index is 15.0. The van der Waals surface area contributed by atoms with Gasteiger partial charge in [-0.3, -0.25) is 19.0 Å². The molecule has 2 heterocycles. The average molecular weight is 539 g/mol. The second-order valence-corrected chi connectivity index (χ2v) is 9.63. The highest BCUT2D eigenvalue weighted by molar-refractivity contribution is 7.96. The number of alkyl halides is 2. The molecule has 0 unspecified atom stereocenters. The summed E-state index contributed by atoms with van der Waals surface area (Å²) in [6.45, 7) is 0.781. The van der Waals surface area contributed by atoms with Gasteiger partial charge in [-0.15, -0.1) is 0 Å². The van der Waals surface area contributed by atoms with Crippen LogP contribution in [0.2, 0.25) is 0 Å². The van der Waals surface area contributed by atoms with Crippen LogP contribution in [-0.2, 0) is 0 Å². The van der Waals surface area contributed by atoms with E-state index in [4.69, 9.17) is 4.74 Å². The number of methoxy groups -OCH3 is 1. The van der Waals surface area contributed by atoms with Crippen molar-refractivity contribution in [1.82, 2.24) is 13.9 Å². The molecule has 0 saturated carbocycles. The molecule has 1 N–H and O–H groups in total. The highest BCUT2D eigenvalue weighted by atomic mass is 32.2. The van der Waals surface area contributed by atoms with Gasteiger partial charge in [0.1, 0.15) is 17.2 Å². The molecule has 1 fully saturated rings. The zero-order chi connectivity index (χ0) is 26.5. The number of benzene rings is 2. The normalized spacial score (nSPS) is 14.7. The summed E-state index contributed by atoms with van der Waals surface area (Å²) in [7, 11) is 1.30. The quantitative estimate of drug-likeness (QED) is 0.272. The third-order valence-corrected chi connectivity index (χ3v) is 6.93. The van der Waals surface area contributed by atoms with E-state index in [9.17, 15) is 22.4 Å². The van der Waals surface area contributed by atoms with Crippen LogP contribution in [0.15, 0.2) is 42.6 Å². The van der Waals surface area contributed by atoms with Crippen molar-refractivity contribution < 1.29 is 31.8 Å². The highest BCUT2D eigenvalue weighted by Gasteiger charge is 2.26. The van der Waals surface area contributed by atoms with Crippen molar-refractivity contribution in [3.05, 3.63) is 65.5 Å². The lowest BCUT2D eigenvalue weighted by atomic mass is 9.95. The summed E-state index contributed by atoms with van der Waals surface area (Å²) in [6.07, 6.45) is 3.14. The summed E-state index contributed by atoms with van der Waals surface area (Å²) in [5, 5.41) is 2.60. The molecule has 198 valence electrons. The van der Waals surface area contributed by atoms with Gasteiger partial charge in [0.2, 0.25) is 5.95 Å². The molecule has 0 aliphatic carbocycles. The molecule has 7 nitrogen and oxygen atoms in total. The lowest BCUT2D eigenvalue weighted by Gasteiger charge is -2.29. The molecule has 0 bridgehead atoms. The minimum Gasteiger partial charge on any atom is -0.497 e. The third kappa shape index (κ3) is 6.37. The van der Waals surface area contributed by atoms with Crippen molar-refractivity contribution in [1.29, 1.82) is 0 Å². The summed E-state index contributed by atoms with van der Waals surface area (Å²) in [5.41, 5.74) is 0.319. The molecule has 0 atom stereocenters. The first-order valence-electron chi connectivity index (χ1n) is 11.7. The van der Waals surface area contributed by atoms with E-state index in [1.807, 2.05) is 0 Å². The number of amides is 1. The van der Waals surface area contributed by atoms with E-state index in [1.165, 1.54) is 42.1 Å². The molecule has 4 rings (SSSR count). The molecule has 37 heavy (non-hydrogen) atoms. The molecule has 1 saturated heterocycles. The summed E-state index contributed by atoms with van der Waals surface area (Å²) >= 11 is 1.76. The van der Waals surface area contributed by atoms with E-state index < -0.39 is 29.8 Å². The van der Waals surface area contributed by atoms with Gasteiger partial charge in [0, 0.05) is 48.7 Å². The number of carbonyl (C=O) groups excluding carboxylic acids is 1. The maximum Gasteiger partial charge on any atom is 0.387 e. The van der Waals surface area contributed by atoms with Crippen molar-refractivity contribution in [2.75, 3.05) is 31.3 Å². The Kier molecular flexibility index (Phi) is 8.59. The maximum atomic E-state index is 15.0. The number of imidazole rings is 1. The molecule has 1 aromatic heterocycles. The number of piperidine rings is 1. The van der Waals surface area contributed by atoms with E-state index in [0.29, 0.717) is 5.69 Å². The summed E-state index contributed by atoms with van der Waals surface area (Å²) < 4.78 is 67.5. The second kappa shape index (κ2) is 11.9. The van der Waals surface area contributed by atoms with E-state index in [2.05, 4.69) is 26.3 Å². The van der Waals surface area contributed by atoms with Crippen LogP contribution in [0.4, 0.5) is 23.5 Å². The molecule has 12 heteroatoms. The van der Waals surface area contributed by atoms with Crippen molar-refractivity contribution in [2.24, 2.45) is 0 Å². The fraction of sp³-hybridized carbons (Fsp3) is 0.360. The Morgan fingerprint density at radius 1 is 1.14 bits per heavy atom. The van der Waals surface area contributed by atoms with Crippen molar-refractivity contribution >= 4 is 23.8 Å². The number of halogens is 4. The van der Waals surface area contributed by atoms with Crippen molar-refractivity contribution in [3.63, 3.8) is 0 Å². The Balaban J connectivity index is 1.65. The van der Waals surface area contributed by atoms with E-state index in [0.717, 1.165) is 43.8 Å². The number of hydrogen-bond donors (Lipinski definition) is 1. The second-order valence-electron chi connectivity index (χ2n) is 8.28. The van der Waals surface area contributed by atoms with Crippen LogP contribution in [0, 0.1) is 11.6 Å². The lowest BCUT2D eigenvalue weighted by molar-refractivity contribution is -0.0498. The summed E-state index contributed by atoms with van der Waals surface area (Å²) in [4.78, 5) is 17.5. The van der Waals surface area contributed by atoms with Gasteiger partial charge in [0.05, 0.1) is 12.8 Å². The van der Waals surface area contributed by atoms with Crippen LogP contribution in [0.5, 0.6) is 11.5 Å². The zero-order valence-electron chi connectivity index (χ0n) is 20.2. The van der Waals surface area contributed by atoms with Gasteiger partial charge >= 0.3 is 6.61 Å². The predicted molar refractivity (Wildman–Crippen MR) is 133 cm³/mol.